The van der Waals surface area contributed by atoms with Crippen LogP contribution in [0.5, 0.6) is 0 Å². The van der Waals surface area contributed by atoms with Crippen LogP contribution in [0.2, 0.25) is 0 Å². The second-order valence-electron chi connectivity index (χ2n) is 23.1. The zero-order chi connectivity index (χ0) is 51.3. The number of hydrogen-bond acceptors (Lipinski definition) is 6. The van der Waals surface area contributed by atoms with Gasteiger partial charge in [0.15, 0.2) is 0 Å². The molecule has 1 saturated heterocycles. The molecule has 0 aromatic rings. The second-order valence-corrected chi connectivity index (χ2v) is 23.1. The van der Waals surface area contributed by atoms with Gasteiger partial charge in [-0.2, -0.15) is 0 Å². The average Bonchev–Trinajstić information content (AvgIpc) is 3.62. The van der Waals surface area contributed by atoms with E-state index in [9.17, 15) is 14.4 Å². The van der Waals surface area contributed by atoms with Gasteiger partial charge in [0.2, 0.25) is 0 Å². The Hall–Kier alpha value is -1.83. The Labute approximate surface area is 441 Å². The number of hydrogen-bond donors (Lipinski definition) is 0. The summed E-state index contributed by atoms with van der Waals surface area (Å²) in [5, 5.41) is 0. The second kappa shape index (κ2) is 46.7. The van der Waals surface area contributed by atoms with Crippen LogP contribution in [0, 0.1) is 17.8 Å². The van der Waals surface area contributed by atoms with E-state index < -0.39 is 0 Å². The van der Waals surface area contributed by atoms with E-state index >= 15 is 0 Å². The number of urea groups is 1. The Morgan fingerprint density at radius 3 is 1.28 bits per heavy atom. The Morgan fingerprint density at radius 1 is 0.451 bits per heavy atom. The molecule has 0 aromatic heterocycles. The molecule has 0 atom stereocenters. The highest BCUT2D eigenvalue weighted by Crippen LogP contribution is 2.36. The lowest BCUT2D eigenvalue weighted by Crippen LogP contribution is -2.54. The van der Waals surface area contributed by atoms with Crippen LogP contribution in [-0.2, 0) is 19.1 Å². The highest BCUT2D eigenvalue weighted by molar-refractivity contribution is 5.75. The molecule has 2 rings (SSSR count). The number of ether oxygens (including phenoxy) is 2. The van der Waals surface area contributed by atoms with Gasteiger partial charge in [-0.05, 0) is 88.6 Å². The first kappa shape index (κ1) is 65.3. The van der Waals surface area contributed by atoms with E-state index in [0.717, 1.165) is 84.2 Å². The summed E-state index contributed by atoms with van der Waals surface area (Å²) in [7, 11) is 0. The van der Waals surface area contributed by atoms with Crippen LogP contribution in [0.15, 0.2) is 0 Å². The minimum Gasteiger partial charge on any atom is -0.465 e. The molecule has 2 aliphatic rings. The minimum atomic E-state index is -0.0407. The van der Waals surface area contributed by atoms with Gasteiger partial charge < -0.3 is 24.2 Å². The predicted octanol–water partition coefficient (Wildman–Crippen LogP) is 18.2. The van der Waals surface area contributed by atoms with Gasteiger partial charge in [0.1, 0.15) is 0 Å². The topological polar surface area (TPSA) is 79.4 Å². The van der Waals surface area contributed by atoms with Gasteiger partial charge in [0.25, 0.3) is 0 Å². The molecule has 1 saturated carbocycles. The van der Waals surface area contributed by atoms with Gasteiger partial charge in [0.05, 0.1) is 13.2 Å². The number of likely N-dealkylation sites (N-methyl/N-ethyl adjacent to an activating group) is 1. The Bertz CT molecular complexity index is 1190. The summed E-state index contributed by atoms with van der Waals surface area (Å²) in [6.45, 7) is 17.9. The van der Waals surface area contributed by atoms with E-state index in [0.29, 0.717) is 43.8 Å². The molecular weight excluding hydrogens is 879 g/mol. The van der Waals surface area contributed by atoms with Crippen molar-refractivity contribution in [3.8, 4) is 0 Å². The fraction of sp³-hybridized carbons (Fsp3) is 0.952. The average molecular weight is 1000 g/mol. The van der Waals surface area contributed by atoms with Crippen molar-refractivity contribution in [2.24, 2.45) is 17.8 Å². The van der Waals surface area contributed by atoms with Crippen LogP contribution < -0.4 is 0 Å². The molecule has 8 heteroatoms. The molecule has 0 aromatic carbocycles. The van der Waals surface area contributed by atoms with Crippen LogP contribution >= 0.6 is 0 Å². The SMILES string of the molecule is CCCCCCCCCCCC(CCCCCCCCCCC)COC(=O)CCCCCCN(C(=O)N1CCCN(CC)CC1)C1CC(CC(=O)OCC(CCCCCCCC)CCCCCCCC)C1. The van der Waals surface area contributed by atoms with Gasteiger partial charge in [-0.1, -0.05) is 240 Å². The Morgan fingerprint density at radius 2 is 0.845 bits per heavy atom. The van der Waals surface area contributed by atoms with E-state index in [4.69, 9.17) is 9.47 Å². The highest BCUT2D eigenvalue weighted by atomic mass is 16.5. The molecule has 8 nitrogen and oxygen atoms in total. The Balaban J connectivity index is 1.82. The van der Waals surface area contributed by atoms with Gasteiger partial charge in [-0.15, -0.1) is 0 Å². The van der Waals surface area contributed by atoms with Gasteiger partial charge in [-0.25, -0.2) is 4.79 Å². The van der Waals surface area contributed by atoms with Crippen molar-refractivity contribution in [3.05, 3.63) is 0 Å². The van der Waals surface area contributed by atoms with E-state index in [2.05, 4.69) is 49.3 Å². The molecule has 0 N–H and O–H groups in total. The molecule has 2 amide bonds. The first-order valence-corrected chi connectivity index (χ1v) is 31.9. The molecule has 0 spiro atoms. The smallest absolute Gasteiger partial charge is 0.320 e. The monoisotopic (exact) mass is 1000 g/mol. The largest absolute Gasteiger partial charge is 0.465 e. The molecule has 418 valence electrons. The lowest BCUT2D eigenvalue weighted by molar-refractivity contribution is -0.147. The minimum absolute atomic E-state index is 0.0292. The van der Waals surface area contributed by atoms with Crippen LogP contribution in [0.4, 0.5) is 4.79 Å². The van der Waals surface area contributed by atoms with Crippen LogP contribution in [0.3, 0.4) is 0 Å². The fourth-order valence-corrected chi connectivity index (χ4v) is 11.4. The summed E-state index contributed by atoms with van der Waals surface area (Å²) in [6.07, 6.45) is 52.1. The maximum atomic E-state index is 14.2. The number of rotatable bonds is 49. The van der Waals surface area contributed by atoms with Crippen LogP contribution in [-0.4, -0.2) is 91.2 Å². The first-order valence-electron chi connectivity index (χ1n) is 31.9. The number of esters is 2. The summed E-state index contributed by atoms with van der Waals surface area (Å²) < 4.78 is 12.0. The molecule has 1 heterocycles. The van der Waals surface area contributed by atoms with Crippen LogP contribution in [0.1, 0.15) is 311 Å². The molecule has 0 bridgehead atoms. The summed E-state index contributed by atoms with van der Waals surface area (Å²) in [4.78, 5) is 47.2. The third-order valence-corrected chi connectivity index (χ3v) is 16.5. The highest BCUT2D eigenvalue weighted by Gasteiger charge is 2.38. The third kappa shape index (κ3) is 35.1. The van der Waals surface area contributed by atoms with Crippen molar-refractivity contribution in [2.75, 3.05) is 52.5 Å². The molecule has 71 heavy (non-hydrogen) atoms. The lowest BCUT2D eigenvalue weighted by Gasteiger charge is -2.44. The zero-order valence-electron chi connectivity index (χ0n) is 48.3. The summed E-state index contributed by atoms with van der Waals surface area (Å²) in [5.74, 6) is 1.19. The molecule has 0 radical (unpaired) electrons. The lowest BCUT2D eigenvalue weighted by atomic mass is 9.77. The predicted molar refractivity (Wildman–Crippen MR) is 303 cm³/mol. The molecule has 1 aliphatic heterocycles. The zero-order valence-corrected chi connectivity index (χ0v) is 48.3. The molecule has 1 aliphatic carbocycles. The normalized spacial score (nSPS) is 16.4. The fourth-order valence-electron chi connectivity index (χ4n) is 11.4. The number of carbonyl (C=O) groups is 3. The van der Waals surface area contributed by atoms with Crippen molar-refractivity contribution in [1.82, 2.24) is 14.7 Å². The molecule has 2 fully saturated rings. The summed E-state index contributed by atoms with van der Waals surface area (Å²) in [6, 6.07) is 0.372. The summed E-state index contributed by atoms with van der Waals surface area (Å²) >= 11 is 0. The molecule has 0 unspecified atom stereocenters. The standard InChI is InChI=1S/C63H121N3O5/c1-6-11-15-19-23-25-27-31-37-42-57(43-38-32-28-26-24-20-16-12-7-2)55-70-61(67)46-39-33-34-40-49-66(63(69)65-48-41-47-64(10-5)50-51-65)60-52-59(53-60)54-62(68)71-56-58(44-35-29-21-17-13-8-3)45-36-30-22-18-14-9-4/h57-60H,6-56H2,1-5H3. The maximum absolute atomic E-state index is 14.2. The van der Waals surface area contributed by atoms with Crippen molar-refractivity contribution in [2.45, 2.75) is 317 Å². The van der Waals surface area contributed by atoms with Gasteiger partial charge in [0, 0.05) is 45.1 Å². The van der Waals surface area contributed by atoms with Gasteiger partial charge in [-0.3, -0.25) is 9.59 Å². The van der Waals surface area contributed by atoms with E-state index in [1.54, 1.807) is 0 Å². The third-order valence-electron chi connectivity index (χ3n) is 16.5. The van der Waals surface area contributed by atoms with Crippen molar-refractivity contribution in [3.63, 3.8) is 0 Å². The van der Waals surface area contributed by atoms with Crippen molar-refractivity contribution >= 4 is 18.0 Å². The number of amides is 2. The summed E-state index contributed by atoms with van der Waals surface area (Å²) in [5.41, 5.74) is 0. The van der Waals surface area contributed by atoms with E-state index in [1.165, 1.54) is 218 Å². The quantitative estimate of drug-likeness (QED) is 0.0446. The Kier molecular flexibility index (Phi) is 42.9. The van der Waals surface area contributed by atoms with Crippen LogP contribution in [0.25, 0.3) is 0 Å². The maximum Gasteiger partial charge on any atom is 0.320 e. The number of carbonyl (C=O) groups excluding carboxylic acids is 3. The van der Waals surface area contributed by atoms with E-state index in [1.807, 2.05) is 0 Å². The number of unbranched alkanes of at least 4 members (excludes halogenated alkanes) is 29. The number of nitrogens with zero attached hydrogens (tertiary/aromatic N) is 3. The van der Waals surface area contributed by atoms with E-state index in [-0.39, 0.29) is 24.0 Å². The van der Waals surface area contributed by atoms with Gasteiger partial charge >= 0.3 is 18.0 Å². The molecular formula is C63H121N3O5. The van der Waals surface area contributed by atoms with Crippen molar-refractivity contribution in [1.29, 1.82) is 0 Å². The van der Waals surface area contributed by atoms with Crippen molar-refractivity contribution < 1.29 is 23.9 Å². The first-order chi connectivity index (χ1) is 34.8.